The van der Waals surface area contributed by atoms with Gasteiger partial charge >= 0.3 is 0 Å². The van der Waals surface area contributed by atoms with Crippen LogP contribution in [0.1, 0.15) is 20.8 Å². The van der Waals surface area contributed by atoms with Crippen molar-refractivity contribution in [2.45, 2.75) is 45.4 Å². The van der Waals surface area contributed by atoms with E-state index < -0.39 is 8.32 Å². The molecule has 0 aliphatic rings. The summed E-state index contributed by atoms with van der Waals surface area (Å²) >= 11 is 0. The van der Waals surface area contributed by atoms with E-state index in [1.54, 1.807) is 13.3 Å². The lowest BCUT2D eigenvalue weighted by atomic mass is 10.2. The number of nitrogens with zero attached hydrogens (tertiary/aromatic N) is 2. The Hall–Kier alpha value is -1.33. The second-order valence-corrected chi connectivity index (χ2v) is 11.7. The first-order valence-electron chi connectivity index (χ1n) is 7.38. The first kappa shape index (κ1) is 16.0. The maximum atomic E-state index is 6.24. The van der Waals surface area contributed by atoms with Crippen LogP contribution < -0.4 is 4.74 Å². The number of pyridine rings is 1. The summed E-state index contributed by atoms with van der Waals surface area (Å²) in [5.41, 5.74) is 1.14. The van der Waals surface area contributed by atoms with Gasteiger partial charge in [0.05, 0.1) is 24.6 Å². The molecule has 2 rings (SSSR count). The average molecular weight is 306 g/mol. The van der Waals surface area contributed by atoms with Gasteiger partial charge in [-0.05, 0) is 30.3 Å². The fourth-order valence-electron chi connectivity index (χ4n) is 2.07. The minimum atomic E-state index is -1.67. The molecule has 0 aliphatic carbocycles. The highest BCUT2D eigenvalue weighted by atomic mass is 28.4. The van der Waals surface area contributed by atoms with Crippen LogP contribution in [0, 0.1) is 0 Å². The summed E-state index contributed by atoms with van der Waals surface area (Å²) in [5, 5.41) is 1.30. The fraction of sp³-hybridized carbons (Fsp3) is 0.562. The molecule has 0 saturated heterocycles. The second kappa shape index (κ2) is 5.81. The number of ether oxygens (including phenoxy) is 1. The van der Waals surface area contributed by atoms with Crippen molar-refractivity contribution in [2.75, 3.05) is 13.7 Å². The minimum absolute atomic E-state index is 0.249. The number of hydrogen-bond acceptors (Lipinski definition) is 3. The quantitative estimate of drug-likeness (QED) is 0.781. The Morgan fingerprint density at radius 1 is 1.24 bits per heavy atom. The standard InChI is InChI=1S/C16H26N2O2Si/c1-16(2,3)21(5,6)20-12-11-18-10-8-13-14(18)7-9-17-15(13)19-4/h7-10H,11-12H2,1-6H3. The molecule has 0 fully saturated rings. The summed E-state index contributed by atoms with van der Waals surface area (Å²) in [6, 6.07) is 4.07. The molecule has 0 unspecified atom stereocenters. The SMILES string of the molecule is COc1nccc2c1ccn2CCO[Si](C)(C)C(C)(C)C. The Kier molecular flexibility index (Phi) is 4.44. The van der Waals surface area contributed by atoms with Crippen molar-refractivity contribution >= 4 is 19.2 Å². The molecule has 5 heteroatoms. The van der Waals surface area contributed by atoms with E-state index >= 15 is 0 Å². The maximum absolute atomic E-state index is 6.24. The number of methoxy groups -OCH3 is 1. The van der Waals surface area contributed by atoms with Crippen molar-refractivity contribution in [1.82, 2.24) is 9.55 Å². The molecule has 0 N–H and O–H groups in total. The molecule has 0 radical (unpaired) electrons. The van der Waals surface area contributed by atoms with E-state index in [0.717, 1.165) is 24.1 Å². The summed E-state index contributed by atoms with van der Waals surface area (Å²) in [6.07, 6.45) is 3.86. The van der Waals surface area contributed by atoms with Crippen LogP contribution in [0.4, 0.5) is 0 Å². The van der Waals surface area contributed by atoms with Crippen LogP contribution in [-0.2, 0) is 11.0 Å². The predicted molar refractivity (Wildman–Crippen MR) is 89.4 cm³/mol. The van der Waals surface area contributed by atoms with Gasteiger partial charge in [-0.25, -0.2) is 4.98 Å². The summed E-state index contributed by atoms with van der Waals surface area (Å²) < 4.78 is 13.7. The molecule has 0 aliphatic heterocycles. The van der Waals surface area contributed by atoms with Crippen molar-refractivity contribution in [3.8, 4) is 5.88 Å². The predicted octanol–water partition coefficient (Wildman–Crippen LogP) is 4.07. The van der Waals surface area contributed by atoms with Crippen LogP contribution in [0.3, 0.4) is 0 Å². The first-order chi connectivity index (χ1) is 9.76. The van der Waals surface area contributed by atoms with Gasteiger partial charge in [-0.2, -0.15) is 0 Å². The van der Waals surface area contributed by atoms with E-state index in [-0.39, 0.29) is 5.04 Å². The first-order valence-corrected chi connectivity index (χ1v) is 10.3. The molecular formula is C16H26N2O2Si. The molecule has 0 bridgehead atoms. The molecule has 0 atom stereocenters. The van der Waals surface area contributed by atoms with Crippen LogP contribution in [0.2, 0.25) is 18.1 Å². The van der Waals surface area contributed by atoms with E-state index in [9.17, 15) is 0 Å². The molecule has 0 amide bonds. The van der Waals surface area contributed by atoms with Crippen LogP contribution in [-0.4, -0.2) is 31.6 Å². The highest BCUT2D eigenvalue weighted by Gasteiger charge is 2.36. The monoisotopic (exact) mass is 306 g/mol. The Morgan fingerprint density at radius 3 is 2.57 bits per heavy atom. The maximum Gasteiger partial charge on any atom is 0.222 e. The molecule has 21 heavy (non-hydrogen) atoms. The van der Waals surface area contributed by atoms with Crippen LogP contribution in [0.15, 0.2) is 24.5 Å². The normalized spacial score (nSPS) is 12.9. The van der Waals surface area contributed by atoms with Gasteiger partial charge in [-0.1, -0.05) is 20.8 Å². The summed E-state index contributed by atoms with van der Waals surface area (Å²) in [7, 11) is -0.0216. The smallest absolute Gasteiger partial charge is 0.222 e. The van der Waals surface area contributed by atoms with E-state index in [4.69, 9.17) is 9.16 Å². The zero-order valence-electron chi connectivity index (χ0n) is 13.9. The number of hydrogen-bond donors (Lipinski definition) is 0. The second-order valence-electron chi connectivity index (χ2n) is 6.87. The number of rotatable bonds is 5. The zero-order valence-corrected chi connectivity index (χ0v) is 14.9. The summed E-state index contributed by atoms with van der Waals surface area (Å²) in [6.45, 7) is 13.0. The van der Waals surface area contributed by atoms with E-state index in [0.29, 0.717) is 5.88 Å². The van der Waals surface area contributed by atoms with Crippen molar-refractivity contribution in [3.63, 3.8) is 0 Å². The minimum Gasteiger partial charge on any atom is -0.481 e. The van der Waals surface area contributed by atoms with E-state index in [1.165, 1.54) is 0 Å². The third-order valence-electron chi connectivity index (χ3n) is 4.46. The van der Waals surface area contributed by atoms with Gasteiger partial charge in [0.25, 0.3) is 0 Å². The Bertz CT molecular complexity index is 614. The molecule has 116 valence electrons. The van der Waals surface area contributed by atoms with Crippen LogP contribution >= 0.6 is 0 Å². The van der Waals surface area contributed by atoms with E-state index in [1.807, 2.05) is 12.1 Å². The highest BCUT2D eigenvalue weighted by molar-refractivity contribution is 6.74. The van der Waals surface area contributed by atoms with Gasteiger partial charge in [-0.3, -0.25) is 0 Å². The van der Waals surface area contributed by atoms with Gasteiger partial charge in [0.15, 0.2) is 8.32 Å². The fourth-order valence-corrected chi connectivity index (χ4v) is 3.10. The lowest BCUT2D eigenvalue weighted by Gasteiger charge is -2.36. The lowest BCUT2D eigenvalue weighted by Crippen LogP contribution is -2.41. The highest BCUT2D eigenvalue weighted by Crippen LogP contribution is 2.36. The summed E-state index contributed by atoms with van der Waals surface area (Å²) in [5.74, 6) is 0.677. The lowest BCUT2D eigenvalue weighted by molar-refractivity contribution is 0.273. The topological polar surface area (TPSA) is 36.3 Å². The van der Waals surface area contributed by atoms with Crippen molar-refractivity contribution < 1.29 is 9.16 Å². The zero-order chi connectivity index (χ0) is 15.7. The molecule has 2 heterocycles. The third kappa shape index (κ3) is 3.30. The molecule has 0 spiro atoms. The van der Waals surface area contributed by atoms with Gasteiger partial charge in [0.2, 0.25) is 5.88 Å². The largest absolute Gasteiger partial charge is 0.481 e. The molecule has 0 aromatic carbocycles. The number of fused-ring (bicyclic) bond motifs is 1. The van der Waals surface area contributed by atoms with Crippen LogP contribution in [0.25, 0.3) is 10.9 Å². The van der Waals surface area contributed by atoms with Crippen LogP contribution in [0.5, 0.6) is 5.88 Å². The van der Waals surface area contributed by atoms with Crippen molar-refractivity contribution in [2.24, 2.45) is 0 Å². The molecule has 2 aromatic heterocycles. The molecule has 4 nitrogen and oxygen atoms in total. The van der Waals surface area contributed by atoms with Crippen molar-refractivity contribution in [1.29, 1.82) is 0 Å². The van der Waals surface area contributed by atoms with Gasteiger partial charge in [0.1, 0.15) is 0 Å². The van der Waals surface area contributed by atoms with Gasteiger partial charge in [-0.15, -0.1) is 0 Å². The van der Waals surface area contributed by atoms with Gasteiger partial charge in [0, 0.05) is 18.9 Å². The molecular weight excluding hydrogens is 280 g/mol. The Labute approximate surface area is 128 Å². The Morgan fingerprint density at radius 2 is 1.95 bits per heavy atom. The molecule has 2 aromatic rings. The average Bonchev–Trinajstić information content (AvgIpc) is 2.80. The Balaban J connectivity index is 2.08. The third-order valence-corrected chi connectivity index (χ3v) is 8.99. The summed E-state index contributed by atoms with van der Waals surface area (Å²) in [4.78, 5) is 4.23. The molecule has 0 saturated carbocycles. The number of aromatic nitrogens is 2. The van der Waals surface area contributed by atoms with Crippen molar-refractivity contribution in [3.05, 3.63) is 24.5 Å². The van der Waals surface area contributed by atoms with Gasteiger partial charge < -0.3 is 13.7 Å². The van der Waals surface area contributed by atoms with E-state index in [2.05, 4.69) is 49.6 Å².